The largest absolute Gasteiger partial charge is 0.508 e. The summed E-state index contributed by atoms with van der Waals surface area (Å²) in [5, 5.41) is 12.5. The van der Waals surface area contributed by atoms with Gasteiger partial charge >= 0.3 is 0 Å². The number of aromatic hydroxyl groups is 1. The van der Waals surface area contributed by atoms with Crippen LogP contribution in [0.3, 0.4) is 0 Å². The smallest absolute Gasteiger partial charge is 0.119 e. The molecule has 0 aromatic heterocycles. The summed E-state index contributed by atoms with van der Waals surface area (Å²) < 4.78 is 5.71. The number of benzene rings is 1. The normalized spacial score (nSPS) is 21.4. The number of phenolic OH excluding ortho intramolecular Hbond substituents is 1. The van der Waals surface area contributed by atoms with Gasteiger partial charge < -0.3 is 20.9 Å². The highest BCUT2D eigenvalue weighted by atomic mass is 16.5. The molecule has 2 atom stereocenters. The zero-order valence-electron chi connectivity index (χ0n) is 9.93. The van der Waals surface area contributed by atoms with Gasteiger partial charge in [0.05, 0.1) is 6.61 Å². The van der Waals surface area contributed by atoms with Crippen molar-refractivity contribution >= 4 is 0 Å². The van der Waals surface area contributed by atoms with Crippen LogP contribution < -0.4 is 15.8 Å². The van der Waals surface area contributed by atoms with Crippen LogP contribution in [0.1, 0.15) is 6.42 Å². The molecule has 0 bridgehead atoms. The number of rotatable bonds is 5. The second-order valence-corrected chi connectivity index (χ2v) is 4.55. The standard InChI is InChI=1S/C13H20N2O2/c14-7-11(10-5-6-15-8-10)9-17-13-3-1-12(16)2-4-13/h1-4,10-11,15-16H,5-9,14H2. The number of hydrogen-bond donors (Lipinski definition) is 3. The van der Waals surface area contributed by atoms with Crippen LogP contribution >= 0.6 is 0 Å². The molecule has 1 fully saturated rings. The van der Waals surface area contributed by atoms with E-state index in [1.807, 2.05) is 0 Å². The Morgan fingerprint density at radius 3 is 2.76 bits per heavy atom. The summed E-state index contributed by atoms with van der Waals surface area (Å²) in [7, 11) is 0. The molecule has 0 amide bonds. The summed E-state index contributed by atoms with van der Waals surface area (Å²) in [6.45, 7) is 3.43. The molecule has 1 aromatic carbocycles. The molecule has 1 aromatic rings. The Morgan fingerprint density at radius 2 is 2.18 bits per heavy atom. The monoisotopic (exact) mass is 236 g/mol. The van der Waals surface area contributed by atoms with Crippen molar-refractivity contribution < 1.29 is 9.84 Å². The van der Waals surface area contributed by atoms with Gasteiger partial charge in [-0.25, -0.2) is 0 Å². The van der Waals surface area contributed by atoms with Crippen molar-refractivity contribution in [3.8, 4) is 11.5 Å². The van der Waals surface area contributed by atoms with Crippen molar-refractivity contribution in [3.63, 3.8) is 0 Å². The molecule has 1 aliphatic heterocycles. The van der Waals surface area contributed by atoms with E-state index in [0.717, 1.165) is 18.8 Å². The molecule has 0 saturated carbocycles. The molecule has 4 heteroatoms. The first-order valence-electron chi connectivity index (χ1n) is 6.12. The van der Waals surface area contributed by atoms with Crippen LogP contribution in [-0.2, 0) is 0 Å². The van der Waals surface area contributed by atoms with Gasteiger partial charge in [-0.3, -0.25) is 0 Å². The second-order valence-electron chi connectivity index (χ2n) is 4.55. The van der Waals surface area contributed by atoms with E-state index in [9.17, 15) is 0 Å². The van der Waals surface area contributed by atoms with Crippen LogP contribution in [0.4, 0.5) is 0 Å². The molecular weight excluding hydrogens is 216 g/mol. The van der Waals surface area contributed by atoms with Gasteiger partial charge in [-0.05, 0) is 56.2 Å². The minimum absolute atomic E-state index is 0.257. The van der Waals surface area contributed by atoms with Crippen molar-refractivity contribution in [3.05, 3.63) is 24.3 Å². The third kappa shape index (κ3) is 3.35. The highest BCUT2D eigenvalue weighted by Gasteiger charge is 2.24. The Kier molecular flexibility index (Phi) is 4.23. The lowest BCUT2D eigenvalue weighted by molar-refractivity contribution is 0.206. The summed E-state index contributed by atoms with van der Waals surface area (Å²) in [6, 6.07) is 6.80. The van der Waals surface area contributed by atoms with Crippen LogP contribution in [0.15, 0.2) is 24.3 Å². The van der Waals surface area contributed by atoms with E-state index in [1.54, 1.807) is 24.3 Å². The maximum Gasteiger partial charge on any atom is 0.119 e. The number of nitrogens with one attached hydrogen (secondary N) is 1. The predicted octanol–water partition coefficient (Wildman–Crippen LogP) is 0.955. The van der Waals surface area contributed by atoms with Crippen LogP contribution in [0, 0.1) is 11.8 Å². The van der Waals surface area contributed by atoms with Crippen molar-refractivity contribution in [1.82, 2.24) is 5.32 Å². The minimum Gasteiger partial charge on any atom is -0.508 e. The highest BCUT2D eigenvalue weighted by molar-refractivity contribution is 5.30. The van der Waals surface area contributed by atoms with E-state index in [2.05, 4.69) is 5.32 Å². The van der Waals surface area contributed by atoms with Crippen LogP contribution in [0.5, 0.6) is 11.5 Å². The first-order valence-corrected chi connectivity index (χ1v) is 6.12. The number of hydrogen-bond acceptors (Lipinski definition) is 4. The molecule has 4 nitrogen and oxygen atoms in total. The lowest BCUT2D eigenvalue weighted by Gasteiger charge is -2.21. The Hall–Kier alpha value is -1.26. The second kappa shape index (κ2) is 5.89. The Morgan fingerprint density at radius 1 is 1.41 bits per heavy atom. The van der Waals surface area contributed by atoms with Gasteiger partial charge in [-0.15, -0.1) is 0 Å². The Balaban J connectivity index is 1.84. The summed E-state index contributed by atoms with van der Waals surface area (Å²) in [4.78, 5) is 0. The quantitative estimate of drug-likeness (QED) is 0.712. The van der Waals surface area contributed by atoms with Crippen LogP contribution in [-0.4, -0.2) is 31.3 Å². The summed E-state index contributed by atoms with van der Waals surface area (Å²) in [5.41, 5.74) is 5.79. The Labute approximate surface area is 102 Å². The fourth-order valence-corrected chi connectivity index (χ4v) is 2.22. The fourth-order valence-electron chi connectivity index (χ4n) is 2.22. The SMILES string of the molecule is NCC(COc1ccc(O)cc1)C1CCNC1. The zero-order chi connectivity index (χ0) is 12.1. The predicted molar refractivity (Wildman–Crippen MR) is 67.1 cm³/mol. The first-order chi connectivity index (χ1) is 8.29. The molecule has 2 unspecified atom stereocenters. The number of phenols is 1. The number of nitrogens with two attached hydrogens (primary N) is 1. The van der Waals surface area contributed by atoms with Gasteiger partial charge in [0, 0.05) is 5.92 Å². The van der Waals surface area contributed by atoms with Crippen LogP contribution in [0.2, 0.25) is 0 Å². The zero-order valence-corrected chi connectivity index (χ0v) is 9.93. The lowest BCUT2D eigenvalue weighted by atomic mass is 9.92. The summed E-state index contributed by atoms with van der Waals surface area (Å²) >= 11 is 0. The van der Waals surface area contributed by atoms with Gasteiger partial charge in [0.1, 0.15) is 11.5 Å². The molecule has 0 spiro atoms. The molecule has 1 saturated heterocycles. The third-order valence-electron chi connectivity index (χ3n) is 3.37. The highest BCUT2D eigenvalue weighted by Crippen LogP contribution is 2.21. The average Bonchev–Trinajstić information content (AvgIpc) is 2.86. The van der Waals surface area contributed by atoms with E-state index in [1.165, 1.54) is 6.42 Å². The van der Waals surface area contributed by atoms with E-state index in [-0.39, 0.29) is 5.75 Å². The fraction of sp³-hybridized carbons (Fsp3) is 0.538. The van der Waals surface area contributed by atoms with E-state index < -0.39 is 0 Å². The van der Waals surface area contributed by atoms with E-state index >= 15 is 0 Å². The van der Waals surface area contributed by atoms with Crippen molar-refractivity contribution in [2.75, 3.05) is 26.2 Å². The third-order valence-corrected chi connectivity index (χ3v) is 3.37. The summed E-state index contributed by atoms with van der Waals surface area (Å²) in [6.07, 6.45) is 1.18. The lowest BCUT2D eigenvalue weighted by Crippen LogP contribution is -2.30. The van der Waals surface area contributed by atoms with Crippen molar-refractivity contribution in [2.45, 2.75) is 6.42 Å². The molecule has 1 heterocycles. The molecule has 2 rings (SSSR count). The Bertz CT molecular complexity index is 334. The average molecular weight is 236 g/mol. The minimum atomic E-state index is 0.257. The maximum absolute atomic E-state index is 9.17. The van der Waals surface area contributed by atoms with Gasteiger partial charge in [0.25, 0.3) is 0 Å². The maximum atomic E-state index is 9.17. The van der Waals surface area contributed by atoms with Gasteiger partial charge in [-0.2, -0.15) is 0 Å². The molecule has 4 N–H and O–H groups in total. The van der Waals surface area contributed by atoms with E-state index in [4.69, 9.17) is 15.6 Å². The first kappa shape index (κ1) is 12.2. The van der Waals surface area contributed by atoms with Crippen molar-refractivity contribution in [2.24, 2.45) is 17.6 Å². The van der Waals surface area contributed by atoms with Crippen LogP contribution in [0.25, 0.3) is 0 Å². The molecular formula is C13H20N2O2. The van der Waals surface area contributed by atoms with E-state index in [0.29, 0.717) is 25.0 Å². The molecule has 94 valence electrons. The van der Waals surface area contributed by atoms with Gasteiger partial charge in [-0.1, -0.05) is 0 Å². The topological polar surface area (TPSA) is 67.5 Å². The molecule has 17 heavy (non-hydrogen) atoms. The number of ether oxygens (including phenoxy) is 1. The van der Waals surface area contributed by atoms with Gasteiger partial charge in [0.2, 0.25) is 0 Å². The molecule has 1 aliphatic rings. The molecule has 0 radical (unpaired) electrons. The summed E-state index contributed by atoms with van der Waals surface area (Å²) in [5.74, 6) is 2.07. The van der Waals surface area contributed by atoms with Crippen molar-refractivity contribution in [1.29, 1.82) is 0 Å². The molecule has 0 aliphatic carbocycles. The van der Waals surface area contributed by atoms with Gasteiger partial charge in [0.15, 0.2) is 0 Å².